The highest BCUT2D eigenvalue weighted by Crippen LogP contribution is 2.34. The van der Waals surface area contributed by atoms with Crippen LogP contribution < -0.4 is 5.73 Å². The van der Waals surface area contributed by atoms with Crippen molar-refractivity contribution in [1.29, 1.82) is 0 Å². The van der Waals surface area contributed by atoms with Gasteiger partial charge in [0.05, 0.1) is 6.04 Å². The van der Waals surface area contributed by atoms with Gasteiger partial charge in [0, 0.05) is 4.47 Å². The van der Waals surface area contributed by atoms with Gasteiger partial charge in [-0.05, 0) is 79.6 Å². The van der Waals surface area contributed by atoms with E-state index in [9.17, 15) is 0 Å². The molecule has 0 radical (unpaired) electrons. The van der Waals surface area contributed by atoms with Crippen LogP contribution in [0.25, 0.3) is 0 Å². The van der Waals surface area contributed by atoms with Gasteiger partial charge >= 0.3 is 0 Å². The third-order valence-electron chi connectivity index (χ3n) is 4.61. The Bertz CT molecular complexity index is 630. The second kappa shape index (κ2) is 5.71. The molecule has 20 heavy (non-hydrogen) atoms. The van der Waals surface area contributed by atoms with Crippen LogP contribution in [0.5, 0.6) is 0 Å². The summed E-state index contributed by atoms with van der Waals surface area (Å²) in [6.07, 6.45) is 0. The fourth-order valence-corrected chi connectivity index (χ4v) is 3.41. The molecule has 2 heteroatoms. The van der Waals surface area contributed by atoms with Gasteiger partial charge in [0.2, 0.25) is 0 Å². The molecule has 0 aliphatic rings. The first-order chi connectivity index (χ1) is 9.36. The van der Waals surface area contributed by atoms with Crippen molar-refractivity contribution >= 4 is 15.9 Å². The molecule has 0 bridgehead atoms. The smallest absolute Gasteiger partial charge is 0.0568 e. The van der Waals surface area contributed by atoms with Gasteiger partial charge in [-0.3, -0.25) is 0 Å². The summed E-state index contributed by atoms with van der Waals surface area (Å²) in [4.78, 5) is 0. The Kier molecular flexibility index (Phi) is 4.36. The van der Waals surface area contributed by atoms with Gasteiger partial charge in [0.25, 0.3) is 0 Å². The van der Waals surface area contributed by atoms with E-state index in [0.29, 0.717) is 0 Å². The molecule has 2 aromatic rings. The predicted molar refractivity (Wildman–Crippen MR) is 90.3 cm³/mol. The van der Waals surface area contributed by atoms with E-state index >= 15 is 0 Å². The van der Waals surface area contributed by atoms with Gasteiger partial charge in [-0.2, -0.15) is 0 Å². The molecule has 0 spiro atoms. The molecule has 2 N–H and O–H groups in total. The molecule has 0 aromatic heterocycles. The van der Waals surface area contributed by atoms with Gasteiger partial charge in [-0.25, -0.2) is 0 Å². The van der Waals surface area contributed by atoms with Crippen molar-refractivity contribution in [3.63, 3.8) is 0 Å². The van der Waals surface area contributed by atoms with Gasteiger partial charge in [0.1, 0.15) is 0 Å². The van der Waals surface area contributed by atoms with Crippen molar-refractivity contribution in [2.45, 2.75) is 40.7 Å². The van der Waals surface area contributed by atoms with Crippen molar-refractivity contribution in [3.8, 4) is 0 Å². The van der Waals surface area contributed by atoms with Gasteiger partial charge in [-0.1, -0.05) is 34.1 Å². The van der Waals surface area contributed by atoms with Crippen molar-refractivity contribution in [2.75, 3.05) is 0 Å². The number of halogens is 1. The molecular weight excluding hydrogens is 310 g/mol. The third kappa shape index (κ3) is 2.43. The van der Waals surface area contributed by atoms with Gasteiger partial charge in [0.15, 0.2) is 0 Å². The molecule has 0 aliphatic heterocycles. The van der Waals surface area contributed by atoms with Crippen LogP contribution in [-0.4, -0.2) is 0 Å². The average Bonchev–Trinajstić information content (AvgIpc) is 2.43. The van der Waals surface area contributed by atoms with Crippen molar-refractivity contribution in [1.82, 2.24) is 0 Å². The molecule has 1 unspecified atom stereocenters. The lowest BCUT2D eigenvalue weighted by Gasteiger charge is -2.24. The topological polar surface area (TPSA) is 26.0 Å². The number of hydrogen-bond donors (Lipinski definition) is 1. The van der Waals surface area contributed by atoms with Crippen molar-refractivity contribution < 1.29 is 0 Å². The second-order valence-corrected chi connectivity index (χ2v) is 6.39. The highest BCUT2D eigenvalue weighted by molar-refractivity contribution is 9.10. The Hall–Kier alpha value is -1.12. The quantitative estimate of drug-likeness (QED) is 0.819. The van der Waals surface area contributed by atoms with Crippen LogP contribution in [0, 0.1) is 34.6 Å². The maximum absolute atomic E-state index is 6.58. The average molecular weight is 332 g/mol. The Morgan fingerprint density at radius 2 is 1.25 bits per heavy atom. The molecule has 2 rings (SSSR count). The van der Waals surface area contributed by atoms with Crippen LogP contribution in [-0.2, 0) is 0 Å². The van der Waals surface area contributed by atoms with Crippen LogP contribution in [0.1, 0.15) is 45.0 Å². The summed E-state index contributed by atoms with van der Waals surface area (Å²) < 4.78 is 1.07. The van der Waals surface area contributed by atoms with E-state index in [0.717, 1.165) is 10.0 Å². The Morgan fingerprint density at radius 3 is 1.75 bits per heavy atom. The van der Waals surface area contributed by atoms with E-state index in [4.69, 9.17) is 5.73 Å². The first kappa shape index (κ1) is 15.3. The molecule has 106 valence electrons. The van der Waals surface area contributed by atoms with Crippen molar-refractivity contribution in [2.24, 2.45) is 5.73 Å². The molecule has 0 amide bonds. The summed E-state index contributed by atoms with van der Waals surface area (Å²) in [7, 11) is 0. The number of benzene rings is 2. The third-order valence-corrected chi connectivity index (χ3v) is 5.33. The van der Waals surface area contributed by atoms with E-state index in [2.05, 4.69) is 56.6 Å². The molecule has 1 nitrogen and oxygen atoms in total. The summed E-state index contributed by atoms with van der Waals surface area (Å²) in [5, 5.41) is 0. The van der Waals surface area contributed by atoms with Crippen molar-refractivity contribution in [3.05, 3.63) is 67.7 Å². The molecule has 0 heterocycles. The molecule has 2 aromatic carbocycles. The monoisotopic (exact) mass is 331 g/mol. The number of rotatable bonds is 2. The van der Waals surface area contributed by atoms with Gasteiger partial charge < -0.3 is 5.73 Å². The summed E-state index contributed by atoms with van der Waals surface area (Å²) in [5.41, 5.74) is 15.7. The minimum Gasteiger partial charge on any atom is -0.320 e. The Balaban J connectivity index is 2.68. The summed E-state index contributed by atoms with van der Waals surface area (Å²) in [6, 6.07) is 8.11. The summed E-state index contributed by atoms with van der Waals surface area (Å²) in [5.74, 6) is 0. The first-order valence-electron chi connectivity index (χ1n) is 6.93. The maximum atomic E-state index is 6.58. The van der Waals surface area contributed by atoms with E-state index in [1.165, 1.54) is 33.4 Å². The normalized spacial score (nSPS) is 12.6. The Labute approximate surface area is 130 Å². The molecular formula is C18H22BrN. The van der Waals surface area contributed by atoms with E-state index < -0.39 is 0 Å². The lowest BCUT2D eigenvalue weighted by Crippen LogP contribution is -2.17. The second-order valence-electron chi connectivity index (χ2n) is 5.54. The van der Waals surface area contributed by atoms with Crippen LogP contribution >= 0.6 is 15.9 Å². The summed E-state index contributed by atoms with van der Waals surface area (Å²) in [6.45, 7) is 10.9. The lowest BCUT2D eigenvalue weighted by molar-refractivity contribution is 0.838. The maximum Gasteiger partial charge on any atom is 0.0568 e. The van der Waals surface area contributed by atoms with Crippen LogP contribution in [0.2, 0.25) is 0 Å². The molecule has 0 aliphatic carbocycles. The van der Waals surface area contributed by atoms with Gasteiger partial charge in [-0.15, -0.1) is 0 Å². The van der Waals surface area contributed by atoms with E-state index in [-0.39, 0.29) is 6.04 Å². The minimum absolute atomic E-state index is 0.0939. The van der Waals surface area contributed by atoms with Crippen LogP contribution in [0.4, 0.5) is 0 Å². The highest BCUT2D eigenvalue weighted by Gasteiger charge is 2.20. The molecule has 0 fully saturated rings. The predicted octanol–water partition coefficient (Wildman–Crippen LogP) is 5.04. The fourth-order valence-electron chi connectivity index (χ4n) is 2.88. The SMILES string of the molecule is Cc1c(C)c(C)c(C(N)c2ccccc2Br)c(C)c1C. The zero-order valence-corrected chi connectivity index (χ0v) is 14.4. The lowest BCUT2D eigenvalue weighted by atomic mass is 9.84. The molecule has 0 saturated heterocycles. The van der Waals surface area contributed by atoms with Crippen LogP contribution in [0.15, 0.2) is 28.7 Å². The molecule has 0 saturated carbocycles. The Morgan fingerprint density at radius 1 is 0.800 bits per heavy atom. The summed E-state index contributed by atoms with van der Waals surface area (Å²) >= 11 is 3.61. The molecule has 1 atom stereocenters. The number of nitrogens with two attached hydrogens (primary N) is 1. The highest BCUT2D eigenvalue weighted by atomic mass is 79.9. The number of hydrogen-bond acceptors (Lipinski definition) is 1. The van der Waals surface area contributed by atoms with Crippen LogP contribution in [0.3, 0.4) is 0 Å². The fraction of sp³-hybridized carbons (Fsp3) is 0.333. The minimum atomic E-state index is -0.0939. The zero-order valence-electron chi connectivity index (χ0n) is 12.8. The largest absolute Gasteiger partial charge is 0.320 e. The van der Waals surface area contributed by atoms with E-state index in [1.54, 1.807) is 0 Å². The first-order valence-corrected chi connectivity index (χ1v) is 7.72. The van der Waals surface area contributed by atoms with E-state index in [1.807, 2.05) is 18.2 Å². The zero-order chi connectivity index (χ0) is 15.0. The standard InChI is InChI=1S/C18H22BrN/c1-10-11(2)13(4)17(14(5)12(10)3)18(20)15-8-6-7-9-16(15)19/h6-9,18H,20H2,1-5H3.